The van der Waals surface area contributed by atoms with Crippen molar-refractivity contribution in [3.8, 4) is 0 Å². The Kier molecular flexibility index (Phi) is 2.69. The molecule has 0 spiro atoms. The molecular formula is C11H15ClN4. The van der Waals surface area contributed by atoms with Crippen molar-refractivity contribution in [3.05, 3.63) is 17.3 Å². The standard InChI is InChI=1S/C11H15ClN4/c12-10-3-4-11(15-14-10)16-6-8-1-2-9(7-16)13-5-8/h3-4,8-9,13H,1-2,5-7H2. The highest BCUT2D eigenvalue weighted by Crippen LogP contribution is 2.24. The van der Waals surface area contributed by atoms with E-state index >= 15 is 0 Å². The van der Waals surface area contributed by atoms with Gasteiger partial charge in [0.05, 0.1) is 0 Å². The molecule has 0 radical (unpaired) electrons. The van der Waals surface area contributed by atoms with E-state index in [2.05, 4.69) is 20.4 Å². The van der Waals surface area contributed by atoms with E-state index in [1.165, 1.54) is 12.8 Å². The van der Waals surface area contributed by atoms with E-state index in [1.807, 2.05) is 12.1 Å². The summed E-state index contributed by atoms with van der Waals surface area (Å²) in [4.78, 5) is 2.33. The Hall–Kier alpha value is -0.870. The van der Waals surface area contributed by atoms with E-state index in [-0.39, 0.29) is 0 Å². The number of fused-ring (bicyclic) bond motifs is 4. The summed E-state index contributed by atoms with van der Waals surface area (Å²) in [5.74, 6) is 1.70. The number of halogens is 1. The van der Waals surface area contributed by atoms with E-state index in [1.54, 1.807) is 0 Å². The van der Waals surface area contributed by atoms with Crippen LogP contribution in [0.25, 0.3) is 0 Å². The van der Waals surface area contributed by atoms with Gasteiger partial charge in [-0.25, -0.2) is 0 Å². The van der Waals surface area contributed by atoms with Crippen LogP contribution in [0.3, 0.4) is 0 Å². The van der Waals surface area contributed by atoms with Gasteiger partial charge in [-0.2, -0.15) is 0 Å². The van der Waals surface area contributed by atoms with Crippen molar-refractivity contribution in [1.82, 2.24) is 15.5 Å². The molecule has 0 amide bonds. The minimum atomic E-state index is 0.458. The molecule has 2 bridgehead atoms. The summed E-state index contributed by atoms with van der Waals surface area (Å²) in [5, 5.41) is 12.1. The van der Waals surface area contributed by atoms with Crippen LogP contribution in [0.15, 0.2) is 12.1 Å². The first-order valence-corrected chi connectivity index (χ1v) is 6.16. The van der Waals surface area contributed by atoms with Crippen LogP contribution in [0.1, 0.15) is 12.8 Å². The number of piperidine rings is 1. The third-order valence-electron chi connectivity index (χ3n) is 3.48. The number of rotatable bonds is 1. The fourth-order valence-corrected chi connectivity index (χ4v) is 2.70. The molecular weight excluding hydrogens is 224 g/mol. The van der Waals surface area contributed by atoms with Gasteiger partial charge in [-0.15, -0.1) is 10.2 Å². The maximum Gasteiger partial charge on any atom is 0.151 e. The second kappa shape index (κ2) is 4.18. The van der Waals surface area contributed by atoms with Crippen molar-refractivity contribution in [1.29, 1.82) is 0 Å². The lowest BCUT2D eigenvalue weighted by Crippen LogP contribution is -2.39. The molecule has 0 aromatic carbocycles. The van der Waals surface area contributed by atoms with Gasteiger partial charge >= 0.3 is 0 Å². The first kappa shape index (κ1) is 10.3. The summed E-state index contributed by atoms with van der Waals surface area (Å²) in [5.41, 5.74) is 0. The maximum absolute atomic E-state index is 5.75. The van der Waals surface area contributed by atoms with Crippen LogP contribution < -0.4 is 10.2 Å². The number of nitrogens with one attached hydrogen (secondary N) is 1. The molecule has 1 aromatic heterocycles. The molecule has 4 nitrogen and oxygen atoms in total. The Morgan fingerprint density at radius 3 is 2.88 bits per heavy atom. The van der Waals surface area contributed by atoms with Crippen LogP contribution in [0.2, 0.25) is 5.15 Å². The largest absolute Gasteiger partial charge is 0.353 e. The minimum Gasteiger partial charge on any atom is -0.353 e. The van der Waals surface area contributed by atoms with Gasteiger partial charge < -0.3 is 10.2 Å². The smallest absolute Gasteiger partial charge is 0.151 e. The summed E-state index contributed by atoms with van der Waals surface area (Å²) in [7, 11) is 0. The van der Waals surface area contributed by atoms with Gasteiger partial charge in [0.2, 0.25) is 0 Å². The summed E-state index contributed by atoms with van der Waals surface area (Å²) < 4.78 is 0. The summed E-state index contributed by atoms with van der Waals surface area (Å²) in [6.45, 7) is 3.26. The molecule has 16 heavy (non-hydrogen) atoms. The number of anilines is 1. The quantitative estimate of drug-likeness (QED) is 0.801. The molecule has 5 heteroatoms. The Labute approximate surface area is 100.0 Å². The first-order valence-electron chi connectivity index (χ1n) is 5.79. The lowest BCUT2D eigenvalue weighted by Gasteiger charge is -2.23. The van der Waals surface area contributed by atoms with Gasteiger partial charge in [-0.3, -0.25) is 0 Å². The Bertz CT molecular complexity index is 345. The highest BCUT2D eigenvalue weighted by molar-refractivity contribution is 6.29. The molecule has 0 aliphatic carbocycles. The van der Waals surface area contributed by atoms with Crippen molar-refractivity contribution in [2.45, 2.75) is 18.9 Å². The van der Waals surface area contributed by atoms with Crippen LogP contribution in [0.5, 0.6) is 0 Å². The minimum absolute atomic E-state index is 0.458. The molecule has 3 aliphatic rings. The summed E-state index contributed by atoms with van der Waals surface area (Å²) in [6, 6.07) is 4.38. The van der Waals surface area contributed by atoms with Gasteiger partial charge in [0.15, 0.2) is 11.0 Å². The molecule has 2 unspecified atom stereocenters. The number of nitrogens with zero attached hydrogens (tertiary/aromatic N) is 3. The predicted octanol–water partition coefficient (Wildman–Crippen LogP) is 1.32. The molecule has 4 rings (SSSR count). The van der Waals surface area contributed by atoms with Gasteiger partial charge in [0.25, 0.3) is 0 Å². The van der Waals surface area contributed by atoms with E-state index in [0.717, 1.165) is 31.4 Å². The molecule has 3 fully saturated rings. The van der Waals surface area contributed by atoms with Gasteiger partial charge in [-0.1, -0.05) is 11.6 Å². The zero-order chi connectivity index (χ0) is 11.0. The molecule has 86 valence electrons. The van der Waals surface area contributed by atoms with Crippen LogP contribution in [0.4, 0.5) is 5.82 Å². The maximum atomic E-state index is 5.75. The van der Waals surface area contributed by atoms with Crippen molar-refractivity contribution in [2.75, 3.05) is 24.5 Å². The zero-order valence-corrected chi connectivity index (χ0v) is 9.82. The SMILES string of the molecule is Clc1ccc(N2CC3CCC(C2)NC3)nn1. The van der Waals surface area contributed by atoms with Crippen LogP contribution in [-0.2, 0) is 0 Å². The molecule has 1 N–H and O–H groups in total. The fourth-order valence-electron chi connectivity index (χ4n) is 2.60. The molecule has 3 saturated heterocycles. The second-order valence-electron chi connectivity index (χ2n) is 4.67. The van der Waals surface area contributed by atoms with Crippen LogP contribution >= 0.6 is 11.6 Å². The van der Waals surface area contributed by atoms with Gasteiger partial charge in [0.1, 0.15) is 0 Å². The number of hydrogen-bond acceptors (Lipinski definition) is 4. The van der Waals surface area contributed by atoms with Gasteiger partial charge in [0, 0.05) is 19.1 Å². The first-order chi connectivity index (χ1) is 7.81. The van der Waals surface area contributed by atoms with E-state index in [0.29, 0.717) is 11.2 Å². The predicted molar refractivity (Wildman–Crippen MR) is 63.8 cm³/mol. The number of hydrogen-bond donors (Lipinski definition) is 1. The third-order valence-corrected chi connectivity index (χ3v) is 3.68. The average molecular weight is 239 g/mol. The third kappa shape index (κ3) is 1.99. The monoisotopic (exact) mass is 238 g/mol. The van der Waals surface area contributed by atoms with E-state index in [4.69, 9.17) is 11.6 Å². The van der Waals surface area contributed by atoms with Crippen molar-refractivity contribution in [3.63, 3.8) is 0 Å². The van der Waals surface area contributed by atoms with E-state index in [9.17, 15) is 0 Å². The highest BCUT2D eigenvalue weighted by Gasteiger charge is 2.29. The average Bonchev–Trinajstić information content (AvgIpc) is 2.63. The summed E-state index contributed by atoms with van der Waals surface area (Å²) >= 11 is 5.75. The second-order valence-corrected chi connectivity index (χ2v) is 5.06. The van der Waals surface area contributed by atoms with Crippen molar-refractivity contribution >= 4 is 17.4 Å². The Morgan fingerprint density at radius 2 is 2.19 bits per heavy atom. The van der Waals surface area contributed by atoms with Crippen molar-refractivity contribution in [2.24, 2.45) is 5.92 Å². The van der Waals surface area contributed by atoms with Crippen LogP contribution in [0, 0.1) is 5.92 Å². The fraction of sp³-hybridized carbons (Fsp3) is 0.636. The molecule has 3 aliphatic heterocycles. The topological polar surface area (TPSA) is 41.0 Å². The lowest BCUT2D eigenvalue weighted by molar-refractivity contribution is 0.360. The van der Waals surface area contributed by atoms with Crippen LogP contribution in [-0.4, -0.2) is 35.9 Å². The summed E-state index contributed by atoms with van der Waals surface area (Å²) in [6.07, 6.45) is 2.61. The molecule has 0 saturated carbocycles. The Balaban J connectivity index is 1.81. The van der Waals surface area contributed by atoms with Gasteiger partial charge in [-0.05, 0) is 37.4 Å². The lowest BCUT2D eigenvalue weighted by atomic mass is 9.97. The molecule has 4 heterocycles. The Morgan fingerprint density at radius 1 is 1.25 bits per heavy atom. The molecule has 2 atom stereocenters. The van der Waals surface area contributed by atoms with E-state index < -0.39 is 0 Å². The zero-order valence-electron chi connectivity index (χ0n) is 9.06. The van der Waals surface area contributed by atoms with Crippen molar-refractivity contribution < 1.29 is 0 Å². The number of aromatic nitrogens is 2. The molecule has 1 aromatic rings. The highest BCUT2D eigenvalue weighted by atomic mass is 35.5. The normalized spacial score (nSPS) is 29.2.